The summed E-state index contributed by atoms with van der Waals surface area (Å²) in [7, 11) is 1.85. The molecule has 0 aromatic rings. The molecule has 4 unspecified atom stereocenters. The molecule has 3 N–H and O–H groups in total. The summed E-state index contributed by atoms with van der Waals surface area (Å²) in [5.74, 6) is -0.214. The van der Waals surface area contributed by atoms with Gasteiger partial charge in [0.15, 0.2) is 0 Å². The average Bonchev–Trinajstić information content (AvgIpc) is 2.41. The highest BCUT2D eigenvalue weighted by Gasteiger charge is 2.43. The zero-order chi connectivity index (χ0) is 14.0. The van der Waals surface area contributed by atoms with Crippen LogP contribution >= 0.6 is 0 Å². The van der Waals surface area contributed by atoms with Gasteiger partial charge < -0.3 is 15.8 Å². The molecule has 1 saturated heterocycles. The molecule has 2 fully saturated rings. The molecule has 2 rings (SSSR count). The van der Waals surface area contributed by atoms with Crippen molar-refractivity contribution >= 4 is 5.91 Å². The molecule has 1 aliphatic heterocycles. The zero-order valence-corrected chi connectivity index (χ0v) is 12.3. The van der Waals surface area contributed by atoms with Crippen LogP contribution in [0.15, 0.2) is 0 Å². The Morgan fingerprint density at radius 2 is 2.21 bits per heavy atom. The quantitative estimate of drug-likeness (QED) is 0.782. The van der Waals surface area contributed by atoms with Crippen molar-refractivity contribution < 1.29 is 9.53 Å². The highest BCUT2D eigenvalue weighted by molar-refractivity contribution is 5.84. The number of nitrogens with one attached hydrogen (secondary N) is 1. The lowest BCUT2D eigenvalue weighted by Gasteiger charge is -2.47. The fourth-order valence-electron chi connectivity index (χ4n) is 3.54. The maximum atomic E-state index is 11.8. The predicted octanol–water partition coefficient (Wildman–Crippen LogP) is 0.482. The number of hydrogen-bond acceptors (Lipinski definition) is 4. The first-order valence-corrected chi connectivity index (χ1v) is 7.34. The average molecular weight is 269 g/mol. The molecule has 0 bridgehead atoms. The van der Waals surface area contributed by atoms with Gasteiger partial charge in [0.1, 0.15) is 0 Å². The van der Waals surface area contributed by atoms with Gasteiger partial charge in [-0.05, 0) is 46.6 Å². The summed E-state index contributed by atoms with van der Waals surface area (Å²) < 4.78 is 5.69. The Balaban J connectivity index is 2.09. The van der Waals surface area contributed by atoms with E-state index in [0.717, 1.165) is 38.8 Å². The van der Waals surface area contributed by atoms with E-state index in [1.807, 2.05) is 7.05 Å². The molecule has 0 aromatic carbocycles. The molecular formula is C14H27N3O2. The third-order valence-electron chi connectivity index (χ3n) is 4.80. The lowest BCUT2D eigenvalue weighted by molar-refractivity contribution is -0.128. The molecule has 2 aliphatic rings. The van der Waals surface area contributed by atoms with Crippen molar-refractivity contribution in [1.82, 2.24) is 10.2 Å². The molecule has 1 aliphatic carbocycles. The van der Waals surface area contributed by atoms with Crippen LogP contribution < -0.4 is 11.1 Å². The van der Waals surface area contributed by atoms with E-state index in [9.17, 15) is 4.79 Å². The Morgan fingerprint density at radius 3 is 2.84 bits per heavy atom. The van der Waals surface area contributed by atoms with Gasteiger partial charge in [-0.25, -0.2) is 0 Å². The van der Waals surface area contributed by atoms with Gasteiger partial charge in [-0.15, -0.1) is 0 Å². The lowest BCUT2D eigenvalue weighted by Crippen LogP contribution is -2.62. The molecule has 1 saturated carbocycles. The number of likely N-dealkylation sites (N-methyl/N-ethyl adjacent to an activating group) is 1. The van der Waals surface area contributed by atoms with Crippen LogP contribution in [-0.2, 0) is 9.53 Å². The van der Waals surface area contributed by atoms with Crippen molar-refractivity contribution in [2.75, 3.05) is 20.2 Å². The second-order valence-corrected chi connectivity index (χ2v) is 6.14. The van der Waals surface area contributed by atoms with Gasteiger partial charge >= 0.3 is 0 Å². The minimum Gasteiger partial charge on any atom is -0.376 e. The number of nitrogens with two attached hydrogens (primary N) is 1. The highest BCUT2D eigenvalue weighted by Crippen LogP contribution is 2.33. The van der Waals surface area contributed by atoms with E-state index < -0.39 is 5.54 Å². The van der Waals surface area contributed by atoms with Crippen molar-refractivity contribution in [3.05, 3.63) is 0 Å². The van der Waals surface area contributed by atoms with Crippen LogP contribution in [0.3, 0.4) is 0 Å². The molecule has 5 nitrogen and oxygen atoms in total. The minimum atomic E-state index is -0.524. The van der Waals surface area contributed by atoms with Crippen LogP contribution in [-0.4, -0.2) is 54.7 Å². The van der Waals surface area contributed by atoms with Gasteiger partial charge in [-0.3, -0.25) is 9.69 Å². The van der Waals surface area contributed by atoms with Crippen molar-refractivity contribution in [1.29, 1.82) is 0 Å². The molecule has 1 amide bonds. The molecule has 19 heavy (non-hydrogen) atoms. The standard InChI is InChI=1S/C14H27N3O2/c1-10-9-19-11(2)8-17(10)12-5-4-6-14(7-12,16-3)13(15)18/h10-12,16H,4-9H2,1-3H3,(H2,15,18). The van der Waals surface area contributed by atoms with E-state index in [1.165, 1.54) is 0 Å². The van der Waals surface area contributed by atoms with Crippen molar-refractivity contribution in [2.45, 2.75) is 63.3 Å². The highest BCUT2D eigenvalue weighted by atomic mass is 16.5. The minimum absolute atomic E-state index is 0.214. The van der Waals surface area contributed by atoms with Crippen molar-refractivity contribution in [3.8, 4) is 0 Å². The van der Waals surface area contributed by atoms with Crippen LogP contribution in [0.1, 0.15) is 39.5 Å². The number of carbonyl (C=O) groups excluding carboxylic acids is 1. The van der Waals surface area contributed by atoms with Gasteiger partial charge in [0.05, 0.1) is 18.2 Å². The summed E-state index contributed by atoms with van der Waals surface area (Å²) in [5.41, 5.74) is 5.10. The molecular weight excluding hydrogens is 242 g/mol. The van der Waals surface area contributed by atoms with Crippen LogP contribution in [0.5, 0.6) is 0 Å². The number of carbonyl (C=O) groups is 1. The monoisotopic (exact) mass is 269 g/mol. The lowest BCUT2D eigenvalue weighted by atomic mass is 9.77. The van der Waals surface area contributed by atoms with Crippen LogP contribution in [0.25, 0.3) is 0 Å². The van der Waals surface area contributed by atoms with E-state index in [1.54, 1.807) is 0 Å². The fraction of sp³-hybridized carbons (Fsp3) is 0.929. The first-order chi connectivity index (χ1) is 8.98. The second kappa shape index (κ2) is 5.77. The number of morpholine rings is 1. The second-order valence-electron chi connectivity index (χ2n) is 6.14. The molecule has 0 spiro atoms. The summed E-state index contributed by atoms with van der Waals surface area (Å²) >= 11 is 0. The molecule has 0 radical (unpaired) electrons. The van der Waals surface area contributed by atoms with Crippen LogP contribution in [0.4, 0.5) is 0 Å². The summed E-state index contributed by atoms with van der Waals surface area (Å²) in [6.45, 7) is 6.04. The summed E-state index contributed by atoms with van der Waals surface area (Å²) in [5, 5.41) is 3.18. The van der Waals surface area contributed by atoms with Crippen LogP contribution in [0.2, 0.25) is 0 Å². The number of hydrogen-bond donors (Lipinski definition) is 2. The van der Waals surface area contributed by atoms with E-state index in [-0.39, 0.29) is 12.0 Å². The fourth-order valence-corrected chi connectivity index (χ4v) is 3.54. The van der Waals surface area contributed by atoms with Gasteiger partial charge in [0.25, 0.3) is 0 Å². The van der Waals surface area contributed by atoms with Crippen molar-refractivity contribution in [3.63, 3.8) is 0 Å². The van der Waals surface area contributed by atoms with Gasteiger partial charge in [-0.1, -0.05) is 0 Å². The summed E-state index contributed by atoms with van der Waals surface area (Å²) in [4.78, 5) is 14.3. The van der Waals surface area contributed by atoms with E-state index >= 15 is 0 Å². The Morgan fingerprint density at radius 1 is 1.47 bits per heavy atom. The number of ether oxygens (including phenoxy) is 1. The normalized spacial score (nSPS) is 41.1. The third kappa shape index (κ3) is 2.93. The zero-order valence-electron chi connectivity index (χ0n) is 12.3. The molecule has 1 heterocycles. The first kappa shape index (κ1) is 14.8. The Bertz CT molecular complexity index is 337. The predicted molar refractivity (Wildman–Crippen MR) is 74.8 cm³/mol. The molecule has 4 atom stereocenters. The number of nitrogens with zero attached hydrogens (tertiary/aromatic N) is 1. The van der Waals surface area contributed by atoms with Gasteiger partial charge in [0.2, 0.25) is 5.91 Å². The molecule has 0 aromatic heterocycles. The number of rotatable bonds is 3. The van der Waals surface area contributed by atoms with Crippen LogP contribution in [0, 0.1) is 0 Å². The molecule has 110 valence electrons. The van der Waals surface area contributed by atoms with Gasteiger partial charge in [-0.2, -0.15) is 0 Å². The maximum absolute atomic E-state index is 11.8. The maximum Gasteiger partial charge on any atom is 0.237 e. The Hall–Kier alpha value is -0.650. The van der Waals surface area contributed by atoms with E-state index in [2.05, 4.69) is 24.1 Å². The third-order valence-corrected chi connectivity index (χ3v) is 4.80. The van der Waals surface area contributed by atoms with E-state index in [0.29, 0.717) is 12.1 Å². The number of primary amides is 1. The Kier molecular flexibility index (Phi) is 4.48. The molecule has 5 heteroatoms. The summed E-state index contributed by atoms with van der Waals surface area (Å²) in [6.07, 6.45) is 4.14. The SMILES string of the molecule is CNC1(C(N)=O)CCCC(N2CC(C)OCC2C)C1. The Labute approximate surface area is 115 Å². The number of amides is 1. The summed E-state index contributed by atoms with van der Waals surface area (Å²) in [6, 6.07) is 0.844. The topological polar surface area (TPSA) is 67.6 Å². The smallest absolute Gasteiger partial charge is 0.237 e. The van der Waals surface area contributed by atoms with Crippen molar-refractivity contribution in [2.24, 2.45) is 5.73 Å². The largest absolute Gasteiger partial charge is 0.376 e. The first-order valence-electron chi connectivity index (χ1n) is 7.34. The van der Waals surface area contributed by atoms with Gasteiger partial charge in [0, 0.05) is 18.6 Å². The van der Waals surface area contributed by atoms with E-state index in [4.69, 9.17) is 10.5 Å².